The van der Waals surface area contributed by atoms with Crippen LogP contribution in [-0.2, 0) is 35.5 Å². The Bertz CT molecular complexity index is 1310. The van der Waals surface area contributed by atoms with Crippen LogP contribution in [0.2, 0.25) is 5.02 Å². The Balaban J connectivity index is 1.42. The topological polar surface area (TPSA) is 95.3 Å². The van der Waals surface area contributed by atoms with Gasteiger partial charge in [0.15, 0.2) is 11.0 Å². The average molecular weight is 565 g/mol. The first-order valence-corrected chi connectivity index (χ1v) is 13.9. The van der Waals surface area contributed by atoms with Crippen molar-refractivity contribution >= 4 is 51.6 Å². The number of carbonyl (C=O) groups excluding carboxylic acids is 2. The van der Waals surface area contributed by atoms with Gasteiger partial charge >= 0.3 is 5.97 Å². The zero-order valence-corrected chi connectivity index (χ0v) is 22.6. The molecule has 0 fully saturated rings. The molecule has 2 heterocycles. The smallest absolute Gasteiger partial charge is 0.341 e. The van der Waals surface area contributed by atoms with Gasteiger partial charge < -0.3 is 14.8 Å². The van der Waals surface area contributed by atoms with E-state index in [1.807, 2.05) is 0 Å². The Hall–Kier alpha value is -2.89. The van der Waals surface area contributed by atoms with Crippen molar-refractivity contribution < 1.29 is 23.5 Å². The number of fused-ring (bicyclic) bond motifs is 1. The van der Waals surface area contributed by atoms with Crippen LogP contribution in [-0.4, -0.2) is 39.0 Å². The molecular weight excluding hydrogens is 539 g/mol. The Morgan fingerprint density at radius 2 is 2.14 bits per heavy atom. The SMILES string of the molecule is C=CCn1c(COc2ccc(F)c(Cl)c2)nnc1SCC(=O)Nc1sc2c(c1C(=O)OCC)CCCC2. The summed E-state index contributed by atoms with van der Waals surface area (Å²) in [6, 6.07) is 4.09. The molecule has 2 aromatic heterocycles. The molecule has 1 aliphatic rings. The number of thiophene rings is 1. The highest BCUT2D eigenvalue weighted by Crippen LogP contribution is 2.38. The van der Waals surface area contributed by atoms with Crippen LogP contribution in [0, 0.1) is 5.82 Å². The molecular formula is C25H26ClFN4O4S2. The van der Waals surface area contributed by atoms with E-state index in [4.69, 9.17) is 21.1 Å². The number of rotatable bonds is 11. The van der Waals surface area contributed by atoms with Crippen LogP contribution in [0.5, 0.6) is 5.75 Å². The van der Waals surface area contributed by atoms with E-state index in [9.17, 15) is 14.0 Å². The normalized spacial score (nSPS) is 12.6. The molecule has 0 spiro atoms. The Labute approximate surface area is 227 Å². The number of benzene rings is 1. The van der Waals surface area contributed by atoms with Gasteiger partial charge in [-0.2, -0.15) is 0 Å². The number of carbonyl (C=O) groups is 2. The van der Waals surface area contributed by atoms with Gasteiger partial charge in [-0.05, 0) is 50.3 Å². The van der Waals surface area contributed by atoms with E-state index < -0.39 is 11.8 Å². The van der Waals surface area contributed by atoms with Crippen LogP contribution in [0.4, 0.5) is 9.39 Å². The highest BCUT2D eigenvalue weighted by atomic mass is 35.5. The lowest BCUT2D eigenvalue weighted by Gasteiger charge is -2.12. The summed E-state index contributed by atoms with van der Waals surface area (Å²) in [4.78, 5) is 26.6. The molecule has 196 valence electrons. The molecule has 1 N–H and O–H groups in total. The maximum Gasteiger partial charge on any atom is 0.341 e. The summed E-state index contributed by atoms with van der Waals surface area (Å²) in [7, 11) is 0. The number of nitrogens with zero attached hydrogens (tertiary/aromatic N) is 3. The molecule has 1 aliphatic carbocycles. The number of aryl methyl sites for hydroxylation is 1. The third-order valence-electron chi connectivity index (χ3n) is 5.60. The number of aromatic nitrogens is 3. The van der Waals surface area contributed by atoms with Crippen LogP contribution < -0.4 is 10.1 Å². The molecule has 4 rings (SSSR count). The van der Waals surface area contributed by atoms with E-state index in [0.29, 0.717) is 33.8 Å². The zero-order chi connectivity index (χ0) is 26.4. The monoisotopic (exact) mass is 564 g/mol. The number of amides is 1. The molecule has 0 radical (unpaired) electrons. The van der Waals surface area contributed by atoms with Crippen molar-refractivity contribution in [3.63, 3.8) is 0 Å². The lowest BCUT2D eigenvalue weighted by Crippen LogP contribution is -2.17. The van der Waals surface area contributed by atoms with Crippen molar-refractivity contribution in [1.82, 2.24) is 14.8 Å². The number of ether oxygens (including phenoxy) is 2. The number of thioether (sulfide) groups is 1. The molecule has 0 saturated carbocycles. The van der Waals surface area contributed by atoms with E-state index in [1.54, 1.807) is 17.6 Å². The van der Waals surface area contributed by atoms with E-state index in [1.165, 1.54) is 41.3 Å². The predicted octanol–water partition coefficient (Wildman–Crippen LogP) is 5.68. The highest BCUT2D eigenvalue weighted by Gasteiger charge is 2.27. The lowest BCUT2D eigenvalue weighted by atomic mass is 9.95. The summed E-state index contributed by atoms with van der Waals surface area (Å²) in [6.45, 7) is 6.28. The maximum atomic E-state index is 13.4. The van der Waals surface area contributed by atoms with Gasteiger partial charge in [0.2, 0.25) is 5.91 Å². The van der Waals surface area contributed by atoms with Gasteiger partial charge in [-0.25, -0.2) is 9.18 Å². The van der Waals surface area contributed by atoms with Crippen molar-refractivity contribution in [1.29, 1.82) is 0 Å². The largest absolute Gasteiger partial charge is 0.486 e. The first-order valence-electron chi connectivity index (χ1n) is 11.8. The molecule has 8 nitrogen and oxygen atoms in total. The number of hydrogen-bond acceptors (Lipinski definition) is 8. The number of allylic oxidation sites excluding steroid dienone is 1. The Morgan fingerprint density at radius 3 is 2.89 bits per heavy atom. The van der Waals surface area contributed by atoms with E-state index in [0.717, 1.165) is 36.1 Å². The van der Waals surface area contributed by atoms with Gasteiger partial charge in [-0.3, -0.25) is 9.36 Å². The van der Waals surface area contributed by atoms with Crippen LogP contribution in [0.3, 0.4) is 0 Å². The van der Waals surface area contributed by atoms with E-state index in [2.05, 4.69) is 22.1 Å². The second kappa shape index (κ2) is 12.6. The Morgan fingerprint density at radius 1 is 1.32 bits per heavy atom. The minimum absolute atomic E-state index is 0.0370. The van der Waals surface area contributed by atoms with Gasteiger partial charge in [-0.15, -0.1) is 28.1 Å². The second-order valence-electron chi connectivity index (χ2n) is 8.14. The number of halogens is 2. The number of anilines is 1. The molecule has 1 amide bonds. The molecule has 0 aliphatic heterocycles. The molecule has 0 bridgehead atoms. The summed E-state index contributed by atoms with van der Waals surface area (Å²) >= 11 is 8.48. The quantitative estimate of drug-likeness (QED) is 0.182. The molecule has 3 aromatic rings. The fourth-order valence-corrected chi connectivity index (χ4v) is 6.16. The Kier molecular flexibility index (Phi) is 9.23. The minimum Gasteiger partial charge on any atom is -0.486 e. The summed E-state index contributed by atoms with van der Waals surface area (Å²) in [5, 5.41) is 12.3. The standard InChI is InChI=1S/C25H26ClFN4O4S2/c1-3-11-31-20(13-35-15-9-10-18(27)17(26)12-15)29-30-25(31)36-14-21(32)28-23-22(24(33)34-4-2)16-7-5-6-8-19(16)37-23/h3,9-10,12H,1,4-8,11,13-14H2,2H3,(H,28,32). The summed E-state index contributed by atoms with van der Waals surface area (Å²) in [5.41, 5.74) is 1.48. The van der Waals surface area contributed by atoms with Crippen molar-refractivity contribution in [2.24, 2.45) is 0 Å². The highest BCUT2D eigenvalue weighted by molar-refractivity contribution is 7.99. The fourth-order valence-electron chi connectivity index (χ4n) is 3.93. The minimum atomic E-state index is -0.530. The second-order valence-corrected chi connectivity index (χ2v) is 10.6. The average Bonchev–Trinajstić information content (AvgIpc) is 3.44. The van der Waals surface area contributed by atoms with E-state index >= 15 is 0 Å². The number of esters is 1. The summed E-state index contributed by atoms with van der Waals surface area (Å²) < 4.78 is 26.1. The van der Waals surface area contributed by atoms with E-state index in [-0.39, 0.29) is 29.9 Å². The van der Waals surface area contributed by atoms with Gasteiger partial charge in [0.25, 0.3) is 0 Å². The van der Waals surface area contributed by atoms with Crippen LogP contribution in [0.25, 0.3) is 0 Å². The molecule has 0 saturated heterocycles. The first-order chi connectivity index (χ1) is 17.9. The molecule has 1 aromatic carbocycles. The van der Waals surface area contributed by atoms with Crippen molar-refractivity contribution in [2.75, 3.05) is 17.7 Å². The lowest BCUT2D eigenvalue weighted by molar-refractivity contribution is -0.113. The predicted molar refractivity (Wildman–Crippen MR) is 142 cm³/mol. The molecule has 0 atom stereocenters. The van der Waals surface area contributed by atoms with Crippen LogP contribution >= 0.6 is 34.7 Å². The maximum absolute atomic E-state index is 13.4. The first kappa shape index (κ1) is 27.2. The van der Waals surface area contributed by atoms with Gasteiger partial charge in [-0.1, -0.05) is 29.4 Å². The third kappa shape index (κ3) is 6.52. The van der Waals surface area contributed by atoms with Crippen LogP contribution in [0.1, 0.15) is 46.4 Å². The van der Waals surface area contributed by atoms with Crippen molar-refractivity contribution in [3.8, 4) is 5.75 Å². The third-order valence-corrected chi connectivity index (χ3v) is 8.06. The zero-order valence-electron chi connectivity index (χ0n) is 20.2. The van der Waals surface area contributed by atoms with Crippen LogP contribution in [0.15, 0.2) is 36.0 Å². The van der Waals surface area contributed by atoms with Crippen molar-refractivity contribution in [3.05, 3.63) is 63.5 Å². The van der Waals surface area contributed by atoms with Gasteiger partial charge in [0, 0.05) is 17.5 Å². The van der Waals surface area contributed by atoms with Crippen molar-refractivity contribution in [2.45, 2.75) is 50.9 Å². The number of nitrogens with one attached hydrogen (secondary N) is 1. The summed E-state index contributed by atoms with van der Waals surface area (Å²) in [5.74, 6) is -0.223. The molecule has 0 unspecified atom stereocenters. The molecule has 12 heteroatoms. The fraction of sp³-hybridized carbons (Fsp3) is 0.360. The molecule has 37 heavy (non-hydrogen) atoms. The number of hydrogen-bond donors (Lipinski definition) is 1. The van der Waals surface area contributed by atoms with Gasteiger partial charge in [0.1, 0.15) is 23.2 Å². The summed E-state index contributed by atoms with van der Waals surface area (Å²) in [6.07, 6.45) is 5.48. The van der Waals surface area contributed by atoms with Gasteiger partial charge in [0.05, 0.1) is 22.9 Å².